The van der Waals surface area contributed by atoms with E-state index in [1.54, 1.807) is 0 Å². The Bertz CT molecular complexity index is 770. The lowest BCUT2D eigenvalue weighted by Gasteiger charge is -2.14. The molecule has 0 saturated carbocycles. The molecule has 1 heterocycles. The van der Waals surface area contributed by atoms with Crippen molar-refractivity contribution in [2.24, 2.45) is 0 Å². The number of rotatable bonds is 7. The van der Waals surface area contributed by atoms with Gasteiger partial charge in [0.2, 0.25) is 10.0 Å². The van der Waals surface area contributed by atoms with Crippen LogP contribution < -0.4 is 14.2 Å². The molecule has 8 heteroatoms. The van der Waals surface area contributed by atoms with Crippen molar-refractivity contribution in [2.45, 2.75) is 17.9 Å². The monoisotopic (exact) mass is 357 g/mol. The van der Waals surface area contributed by atoms with Crippen molar-refractivity contribution >= 4 is 21.4 Å². The minimum atomic E-state index is -3.81. The number of aliphatic hydroxyl groups excluding tert-OH is 1. The minimum absolute atomic E-state index is 0.00379. The highest BCUT2D eigenvalue weighted by Gasteiger charge is 2.22. The number of hydrogen-bond donors (Lipinski definition) is 2. The third kappa shape index (κ3) is 4.03. The lowest BCUT2D eigenvalue weighted by molar-refractivity contribution is 0.185. The molecule has 0 aliphatic carbocycles. The molecule has 1 atom stereocenters. The highest BCUT2D eigenvalue weighted by Crippen LogP contribution is 2.29. The maximum atomic E-state index is 12.4. The second-order valence-electron chi connectivity index (χ2n) is 4.85. The molecule has 2 aromatic rings. The second-order valence-corrected chi connectivity index (χ2v) is 7.54. The van der Waals surface area contributed by atoms with Gasteiger partial charge in [-0.25, -0.2) is 13.1 Å². The predicted octanol–water partition coefficient (Wildman–Crippen LogP) is 2.09. The first-order valence-corrected chi connectivity index (χ1v) is 9.19. The maximum Gasteiger partial charge on any atom is 0.244 e. The zero-order valence-corrected chi connectivity index (χ0v) is 14.7. The first-order chi connectivity index (χ1) is 10.9. The molecule has 1 unspecified atom stereocenters. The molecule has 1 aromatic heterocycles. The minimum Gasteiger partial charge on any atom is -0.497 e. The summed E-state index contributed by atoms with van der Waals surface area (Å²) in [6, 6.07) is 6.32. The first-order valence-electron chi connectivity index (χ1n) is 6.82. The average Bonchev–Trinajstić information content (AvgIpc) is 2.98. The van der Waals surface area contributed by atoms with Gasteiger partial charge in [0, 0.05) is 17.5 Å². The summed E-state index contributed by atoms with van der Waals surface area (Å²) in [5.41, 5.74) is 0.934. The quantitative estimate of drug-likeness (QED) is 0.792. The number of nitrogens with one attached hydrogen (secondary N) is 1. The molecule has 2 N–H and O–H groups in total. The molecule has 0 aliphatic heterocycles. The largest absolute Gasteiger partial charge is 0.497 e. The Hall–Kier alpha value is -1.61. The van der Waals surface area contributed by atoms with E-state index in [0.717, 1.165) is 10.4 Å². The molecule has 23 heavy (non-hydrogen) atoms. The summed E-state index contributed by atoms with van der Waals surface area (Å²) < 4.78 is 37.4. The number of aliphatic hydroxyl groups is 1. The fourth-order valence-electron chi connectivity index (χ4n) is 2.08. The summed E-state index contributed by atoms with van der Waals surface area (Å²) in [5, 5.41) is 12.0. The Kier molecular flexibility index (Phi) is 5.64. The molecule has 0 amide bonds. The van der Waals surface area contributed by atoms with Crippen LogP contribution in [-0.2, 0) is 10.0 Å². The van der Waals surface area contributed by atoms with Crippen LogP contribution in [-0.4, -0.2) is 34.3 Å². The molecule has 1 aromatic carbocycles. The van der Waals surface area contributed by atoms with Gasteiger partial charge in [0.05, 0.1) is 14.2 Å². The van der Waals surface area contributed by atoms with Crippen molar-refractivity contribution in [3.8, 4) is 11.5 Å². The summed E-state index contributed by atoms with van der Waals surface area (Å²) in [6.45, 7) is 1.76. The second kappa shape index (κ2) is 7.31. The first kappa shape index (κ1) is 17.7. The van der Waals surface area contributed by atoms with E-state index in [1.165, 1.54) is 43.8 Å². The highest BCUT2D eigenvalue weighted by atomic mass is 32.2. The van der Waals surface area contributed by atoms with Crippen LogP contribution >= 0.6 is 11.3 Å². The Morgan fingerprint density at radius 3 is 2.57 bits per heavy atom. The number of aryl methyl sites for hydroxylation is 1. The molecule has 2 rings (SSSR count). The fraction of sp³-hybridized carbons (Fsp3) is 0.333. The SMILES string of the molecule is COc1ccc(S(=O)(=O)NCC(O)c2sccc2C)c(OC)c1. The van der Waals surface area contributed by atoms with Crippen molar-refractivity contribution in [1.82, 2.24) is 4.72 Å². The summed E-state index contributed by atoms with van der Waals surface area (Å²) in [4.78, 5) is 0.741. The molecular formula is C15H19NO5S2. The third-order valence-corrected chi connectivity index (χ3v) is 5.91. The van der Waals surface area contributed by atoms with Gasteiger partial charge in [0.25, 0.3) is 0 Å². The number of methoxy groups -OCH3 is 2. The predicted molar refractivity (Wildman–Crippen MR) is 88.8 cm³/mol. The van der Waals surface area contributed by atoms with Crippen LogP contribution in [0.2, 0.25) is 0 Å². The standard InChI is InChI=1S/C15H19NO5S2/c1-10-6-7-22-15(10)12(17)9-16-23(18,19)14-5-4-11(20-2)8-13(14)21-3/h4-8,12,16-17H,9H2,1-3H3. The van der Waals surface area contributed by atoms with E-state index >= 15 is 0 Å². The van der Waals surface area contributed by atoms with Crippen molar-refractivity contribution < 1.29 is 23.0 Å². The topological polar surface area (TPSA) is 84.9 Å². The lowest BCUT2D eigenvalue weighted by Crippen LogP contribution is -2.28. The van der Waals surface area contributed by atoms with Gasteiger partial charge in [0.1, 0.15) is 22.5 Å². The average molecular weight is 357 g/mol. The van der Waals surface area contributed by atoms with Gasteiger partial charge in [-0.1, -0.05) is 0 Å². The van der Waals surface area contributed by atoms with Gasteiger partial charge in [0.15, 0.2) is 0 Å². The van der Waals surface area contributed by atoms with Crippen LogP contribution in [0.4, 0.5) is 0 Å². The fourth-order valence-corrected chi connectivity index (χ4v) is 4.18. The Balaban J connectivity index is 2.17. The highest BCUT2D eigenvalue weighted by molar-refractivity contribution is 7.89. The van der Waals surface area contributed by atoms with Crippen molar-refractivity contribution in [2.75, 3.05) is 20.8 Å². The van der Waals surface area contributed by atoms with Gasteiger partial charge in [-0.05, 0) is 36.1 Å². The number of thiophene rings is 1. The number of sulfonamides is 1. The van der Waals surface area contributed by atoms with Gasteiger partial charge in [-0.3, -0.25) is 0 Å². The van der Waals surface area contributed by atoms with E-state index in [2.05, 4.69) is 4.72 Å². The molecule has 0 spiro atoms. The van der Waals surface area contributed by atoms with Gasteiger partial charge in [-0.2, -0.15) is 0 Å². The van der Waals surface area contributed by atoms with E-state index < -0.39 is 16.1 Å². The number of ether oxygens (including phenoxy) is 2. The molecule has 0 fully saturated rings. The molecule has 0 saturated heterocycles. The molecule has 0 radical (unpaired) electrons. The van der Waals surface area contributed by atoms with E-state index in [4.69, 9.17) is 9.47 Å². The summed E-state index contributed by atoms with van der Waals surface area (Å²) in [5.74, 6) is 0.675. The van der Waals surface area contributed by atoms with Crippen LogP contribution in [0.1, 0.15) is 16.5 Å². The van der Waals surface area contributed by atoms with Gasteiger partial charge < -0.3 is 14.6 Å². The van der Waals surface area contributed by atoms with Crippen LogP contribution in [0.25, 0.3) is 0 Å². The van der Waals surface area contributed by atoms with E-state index in [0.29, 0.717) is 5.75 Å². The summed E-state index contributed by atoms with van der Waals surface area (Å²) in [7, 11) is -0.939. The van der Waals surface area contributed by atoms with E-state index in [1.807, 2.05) is 18.4 Å². The van der Waals surface area contributed by atoms with E-state index in [-0.39, 0.29) is 17.2 Å². The van der Waals surface area contributed by atoms with Crippen LogP contribution in [0.5, 0.6) is 11.5 Å². The molecule has 6 nitrogen and oxygen atoms in total. The van der Waals surface area contributed by atoms with Crippen molar-refractivity contribution in [3.05, 3.63) is 40.1 Å². The Morgan fingerprint density at radius 1 is 1.26 bits per heavy atom. The van der Waals surface area contributed by atoms with Gasteiger partial charge in [-0.15, -0.1) is 11.3 Å². The molecule has 0 bridgehead atoms. The summed E-state index contributed by atoms with van der Waals surface area (Å²) >= 11 is 1.39. The Morgan fingerprint density at radius 2 is 2.00 bits per heavy atom. The number of benzene rings is 1. The van der Waals surface area contributed by atoms with E-state index in [9.17, 15) is 13.5 Å². The Labute approximate surface area is 139 Å². The molecule has 126 valence electrons. The van der Waals surface area contributed by atoms with Gasteiger partial charge >= 0.3 is 0 Å². The third-order valence-electron chi connectivity index (χ3n) is 3.33. The number of hydrogen-bond acceptors (Lipinski definition) is 6. The summed E-state index contributed by atoms with van der Waals surface area (Å²) in [6.07, 6.45) is -0.894. The van der Waals surface area contributed by atoms with Crippen LogP contribution in [0, 0.1) is 6.92 Å². The van der Waals surface area contributed by atoms with Crippen molar-refractivity contribution in [1.29, 1.82) is 0 Å². The zero-order chi connectivity index (χ0) is 17.0. The smallest absolute Gasteiger partial charge is 0.244 e. The van der Waals surface area contributed by atoms with Crippen molar-refractivity contribution in [3.63, 3.8) is 0 Å². The normalized spacial score (nSPS) is 12.9. The maximum absolute atomic E-state index is 12.4. The zero-order valence-electron chi connectivity index (χ0n) is 13.1. The molecule has 0 aliphatic rings. The van der Waals surface area contributed by atoms with Crippen LogP contribution in [0.3, 0.4) is 0 Å². The molecular weight excluding hydrogens is 338 g/mol. The lowest BCUT2D eigenvalue weighted by atomic mass is 10.2. The van der Waals surface area contributed by atoms with Crippen LogP contribution in [0.15, 0.2) is 34.5 Å².